The van der Waals surface area contributed by atoms with Crippen LogP contribution in [0.2, 0.25) is 0 Å². The zero-order valence-corrected chi connectivity index (χ0v) is 9.01. The Morgan fingerprint density at radius 3 is 2.41 bits per heavy atom. The zero-order valence-electron chi connectivity index (χ0n) is 9.01. The molecule has 90 valence electrons. The summed E-state index contributed by atoms with van der Waals surface area (Å²) in [6.45, 7) is 1.60. The third kappa shape index (κ3) is 3.10. The molecule has 5 nitrogen and oxygen atoms in total. The van der Waals surface area contributed by atoms with Crippen LogP contribution in [0, 0.1) is 5.82 Å². The fourth-order valence-electron chi connectivity index (χ4n) is 1.12. The Hall–Kier alpha value is -2.24. The summed E-state index contributed by atoms with van der Waals surface area (Å²) in [5.41, 5.74) is -0.703. The molecule has 0 bridgehead atoms. The van der Waals surface area contributed by atoms with Gasteiger partial charge in [0.1, 0.15) is 5.82 Å². The Morgan fingerprint density at radius 2 is 1.94 bits per heavy atom. The van der Waals surface area contributed by atoms with E-state index in [0.29, 0.717) is 0 Å². The van der Waals surface area contributed by atoms with Crippen molar-refractivity contribution in [3.63, 3.8) is 0 Å². The molecule has 0 heterocycles. The SMILES string of the molecule is CCOC(=O)/C(=N\O)C(=O)c1ccc(F)cc1. The molecule has 0 spiro atoms. The van der Waals surface area contributed by atoms with Crippen molar-refractivity contribution in [3.05, 3.63) is 35.6 Å². The largest absolute Gasteiger partial charge is 0.461 e. The number of oxime groups is 1. The van der Waals surface area contributed by atoms with Gasteiger partial charge in [0.05, 0.1) is 6.61 Å². The first-order chi connectivity index (χ1) is 8.10. The smallest absolute Gasteiger partial charge is 0.364 e. The summed E-state index contributed by atoms with van der Waals surface area (Å²) in [7, 11) is 0. The van der Waals surface area contributed by atoms with E-state index in [1.807, 2.05) is 0 Å². The van der Waals surface area contributed by atoms with Crippen LogP contribution in [0.15, 0.2) is 29.4 Å². The van der Waals surface area contributed by atoms with Crippen LogP contribution in [-0.4, -0.2) is 29.3 Å². The van der Waals surface area contributed by atoms with Gasteiger partial charge in [0.15, 0.2) is 0 Å². The monoisotopic (exact) mass is 239 g/mol. The quantitative estimate of drug-likeness (QED) is 0.215. The average molecular weight is 239 g/mol. The van der Waals surface area contributed by atoms with Crippen LogP contribution in [0.4, 0.5) is 4.39 Å². The summed E-state index contributed by atoms with van der Waals surface area (Å²) in [5.74, 6) is -2.37. The summed E-state index contributed by atoms with van der Waals surface area (Å²) >= 11 is 0. The minimum atomic E-state index is -1.02. The number of carbonyl (C=O) groups is 2. The Bertz CT molecular complexity index is 453. The van der Waals surface area contributed by atoms with E-state index in [-0.39, 0.29) is 12.2 Å². The number of ether oxygens (including phenoxy) is 1. The second kappa shape index (κ2) is 5.74. The summed E-state index contributed by atoms with van der Waals surface area (Å²) < 4.78 is 17.2. The molecule has 0 fully saturated rings. The normalized spacial score (nSPS) is 11.1. The number of esters is 1. The molecule has 0 saturated heterocycles. The van der Waals surface area contributed by atoms with Gasteiger partial charge in [-0.05, 0) is 31.2 Å². The molecule has 17 heavy (non-hydrogen) atoms. The second-order valence-electron chi connectivity index (χ2n) is 3.01. The Balaban J connectivity index is 2.95. The molecule has 0 aliphatic heterocycles. The molecule has 0 amide bonds. The van der Waals surface area contributed by atoms with Crippen molar-refractivity contribution in [1.82, 2.24) is 0 Å². The molecule has 0 radical (unpaired) electrons. The molecular weight excluding hydrogens is 229 g/mol. The summed E-state index contributed by atoms with van der Waals surface area (Å²) in [5, 5.41) is 11.2. The van der Waals surface area contributed by atoms with E-state index in [9.17, 15) is 14.0 Å². The predicted molar refractivity (Wildman–Crippen MR) is 56.6 cm³/mol. The van der Waals surface area contributed by atoms with Crippen molar-refractivity contribution in [2.45, 2.75) is 6.92 Å². The number of Topliss-reactive ketones (excluding diaryl/α,β-unsaturated/α-hetero) is 1. The summed E-state index contributed by atoms with van der Waals surface area (Å²) in [6, 6.07) is 4.49. The van der Waals surface area contributed by atoms with Crippen molar-refractivity contribution in [2.75, 3.05) is 6.61 Å². The third-order valence-electron chi connectivity index (χ3n) is 1.89. The molecular formula is C11H10FNO4. The van der Waals surface area contributed by atoms with E-state index in [2.05, 4.69) is 9.89 Å². The second-order valence-corrected chi connectivity index (χ2v) is 3.01. The van der Waals surface area contributed by atoms with Gasteiger partial charge in [-0.1, -0.05) is 5.16 Å². The Kier molecular flexibility index (Phi) is 4.33. The van der Waals surface area contributed by atoms with Gasteiger partial charge in [-0.15, -0.1) is 0 Å². The molecule has 0 atom stereocenters. The number of rotatable bonds is 4. The molecule has 1 rings (SSSR count). The zero-order chi connectivity index (χ0) is 12.8. The minimum Gasteiger partial charge on any atom is -0.461 e. The lowest BCUT2D eigenvalue weighted by atomic mass is 10.1. The maximum absolute atomic E-state index is 12.6. The Morgan fingerprint density at radius 1 is 1.35 bits per heavy atom. The van der Waals surface area contributed by atoms with E-state index in [0.717, 1.165) is 12.1 Å². The van der Waals surface area contributed by atoms with E-state index < -0.39 is 23.3 Å². The number of hydrogen-bond acceptors (Lipinski definition) is 5. The first-order valence-corrected chi connectivity index (χ1v) is 4.79. The van der Waals surface area contributed by atoms with Crippen LogP contribution in [0.1, 0.15) is 17.3 Å². The van der Waals surface area contributed by atoms with Crippen LogP contribution < -0.4 is 0 Å². The van der Waals surface area contributed by atoms with Crippen molar-refractivity contribution in [2.24, 2.45) is 5.16 Å². The van der Waals surface area contributed by atoms with Crippen LogP contribution in [0.5, 0.6) is 0 Å². The highest BCUT2D eigenvalue weighted by Crippen LogP contribution is 2.05. The molecule has 0 saturated carbocycles. The van der Waals surface area contributed by atoms with Gasteiger partial charge < -0.3 is 9.94 Å². The Labute approximate surface area is 96.5 Å². The van der Waals surface area contributed by atoms with E-state index in [1.54, 1.807) is 6.92 Å². The summed E-state index contributed by atoms with van der Waals surface area (Å²) in [6.07, 6.45) is 0. The summed E-state index contributed by atoms with van der Waals surface area (Å²) in [4.78, 5) is 22.9. The lowest BCUT2D eigenvalue weighted by Crippen LogP contribution is -2.26. The highest BCUT2D eigenvalue weighted by atomic mass is 19.1. The molecule has 0 unspecified atom stereocenters. The minimum absolute atomic E-state index is 0.0345. The number of carbonyl (C=O) groups excluding carboxylic acids is 2. The molecule has 1 aromatic rings. The van der Waals surface area contributed by atoms with Gasteiger partial charge in [0.2, 0.25) is 11.5 Å². The van der Waals surface area contributed by atoms with E-state index >= 15 is 0 Å². The first-order valence-electron chi connectivity index (χ1n) is 4.79. The highest BCUT2D eigenvalue weighted by molar-refractivity contribution is 6.67. The van der Waals surface area contributed by atoms with Gasteiger partial charge >= 0.3 is 5.97 Å². The molecule has 0 aromatic heterocycles. The predicted octanol–water partition coefficient (Wildman–Crippen LogP) is 1.40. The van der Waals surface area contributed by atoms with Gasteiger partial charge in [0, 0.05) is 5.56 Å². The first kappa shape index (κ1) is 12.8. The van der Waals surface area contributed by atoms with Gasteiger partial charge in [-0.3, -0.25) is 4.79 Å². The lowest BCUT2D eigenvalue weighted by Gasteiger charge is -2.03. The van der Waals surface area contributed by atoms with Gasteiger partial charge in [0.25, 0.3) is 0 Å². The van der Waals surface area contributed by atoms with Crippen molar-refractivity contribution in [3.8, 4) is 0 Å². The van der Waals surface area contributed by atoms with Crippen LogP contribution >= 0.6 is 0 Å². The molecule has 0 aliphatic carbocycles. The highest BCUT2D eigenvalue weighted by Gasteiger charge is 2.23. The average Bonchev–Trinajstić information content (AvgIpc) is 2.31. The lowest BCUT2D eigenvalue weighted by molar-refractivity contribution is -0.135. The number of hydrogen-bond donors (Lipinski definition) is 1. The van der Waals surface area contributed by atoms with Gasteiger partial charge in [-0.25, -0.2) is 9.18 Å². The molecule has 1 N–H and O–H groups in total. The van der Waals surface area contributed by atoms with E-state index in [4.69, 9.17) is 5.21 Å². The number of halogens is 1. The molecule has 6 heteroatoms. The molecule has 0 aliphatic rings. The van der Waals surface area contributed by atoms with Crippen molar-refractivity contribution in [1.29, 1.82) is 0 Å². The van der Waals surface area contributed by atoms with Crippen molar-refractivity contribution >= 4 is 17.5 Å². The van der Waals surface area contributed by atoms with Crippen molar-refractivity contribution < 1.29 is 23.9 Å². The van der Waals surface area contributed by atoms with Gasteiger partial charge in [-0.2, -0.15) is 0 Å². The maximum atomic E-state index is 12.6. The van der Waals surface area contributed by atoms with Crippen LogP contribution in [0.25, 0.3) is 0 Å². The number of benzene rings is 1. The molecule has 1 aromatic carbocycles. The van der Waals surface area contributed by atoms with Crippen LogP contribution in [-0.2, 0) is 9.53 Å². The topological polar surface area (TPSA) is 76.0 Å². The standard InChI is InChI=1S/C11H10FNO4/c1-2-17-11(15)9(13-16)10(14)7-3-5-8(12)6-4-7/h3-6,16H,2H2,1H3/b13-9-. The fraction of sp³-hybridized carbons (Fsp3) is 0.182. The fourth-order valence-corrected chi connectivity index (χ4v) is 1.12. The number of nitrogens with zero attached hydrogens (tertiary/aromatic N) is 1. The maximum Gasteiger partial charge on any atom is 0.364 e. The van der Waals surface area contributed by atoms with Crippen LogP contribution in [0.3, 0.4) is 0 Å². The third-order valence-corrected chi connectivity index (χ3v) is 1.89. The number of ketones is 1. The van der Waals surface area contributed by atoms with E-state index in [1.165, 1.54) is 12.1 Å².